The molecule has 0 aromatic heterocycles. The third-order valence-corrected chi connectivity index (χ3v) is 5.16. The summed E-state index contributed by atoms with van der Waals surface area (Å²) in [6.07, 6.45) is 0. The number of rotatable bonds is 3. The summed E-state index contributed by atoms with van der Waals surface area (Å²) in [6.45, 7) is 1.51. The minimum Gasteiger partial charge on any atom is -0.340 e. The molecule has 1 aliphatic heterocycles. The summed E-state index contributed by atoms with van der Waals surface area (Å²) >= 11 is 0. The minimum atomic E-state index is -3.12. The van der Waals surface area contributed by atoms with E-state index in [-0.39, 0.29) is 24.6 Å². The van der Waals surface area contributed by atoms with Crippen LogP contribution in [0.15, 0.2) is 18.2 Å². The van der Waals surface area contributed by atoms with Crippen LogP contribution >= 0.6 is 0 Å². The van der Waals surface area contributed by atoms with Crippen LogP contribution in [0, 0.1) is 11.6 Å². The van der Waals surface area contributed by atoms with E-state index in [1.54, 1.807) is 0 Å². The molecule has 126 valence electrons. The first-order valence-electron chi connectivity index (χ1n) is 6.95. The van der Waals surface area contributed by atoms with Gasteiger partial charge in [0.05, 0.1) is 17.1 Å². The first kappa shape index (κ1) is 17.3. The zero-order valence-electron chi connectivity index (χ0n) is 12.4. The van der Waals surface area contributed by atoms with Crippen LogP contribution in [-0.2, 0) is 14.6 Å². The maximum Gasteiger partial charge on any atom is 0.255 e. The Bertz CT molecular complexity index is 722. The molecule has 0 saturated carbocycles. The molecule has 1 atom stereocenters. The summed E-state index contributed by atoms with van der Waals surface area (Å²) < 4.78 is 49.3. The number of amides is 2. The Morgan fingerprint density at radius 2 is 1.83 bits per heavy atom. The summed E-state index contributed by atoms with van der Waals surface area (Å²) in [5.41, 5.74) is -0.495. The van der Waals surface area contributed by atoms with Gasteiger partial charge in [-0.3, -0.25) is 9.59 Å². The van der Waals surface area contributed by atoms with Gasteiger partial charge < -0.3 is 10.2 Å². The second kappa shape index (κ2) is 6.61. The summed E-state index contributed by atoms with van der Waals surface area (Å²) in [4.78, 5) is 25.4. The molecule has 1 aromatic carbocycles. The number of nitrogens with zero attached hydrogens (tertiary/aromatic N) is 1. The van der Waals surface area contributed by atoms with E-state index < -0.39 is 44.9 Å². The predicted octanol–water partition coefficient (Wildman–Crippen LogP) is 0.340. The average Bonchev–Trinajstić information content (AvgIpc) is 2.48. The van der Waals surface area contributed by atoms with Crippen molar-refractivity contribution in [3.05, 3.63) is 35.4 Å². The van der Waals surface area contributed by atoms with Gasteiger partial charge in [0.25, 0.3) is 5.91 Å². The number of hydrogen-bond acceptors (Lipinski definition) is 4. The maximum absolute atomic E-state index is 13.5. The summed E-state index contributed by atoms with van der Waals surface area (Å²) in [5, 5.41) is 2.30. The van der Waals surface area contributed by atoms with Crippen LogP contribution in [0.5, 0.6) is 0 Å². The van der Waals surface area contributed by atoms with Gasteiger partial charge in [0.1, 0.15) is 17.7 Å². The normalized spacial score (nSPS) is 18.3. The largest absolute Gasteiger partial charge is 0.340 e. The maximum atomic E-state index is 13.5. The summed E-state index contributed by atoms with van der Waals surface area (Å²) in [7, 11) is -3.12. The molecule has 0 spiro atoms. The first-order valence-corrected chi connectivity index (χ1v) is 8.77. The Balaban J connectivity index is 2.01. The Hall–Kier alpha value is -2.03. The molecule has 1 heterocycles. The molecule has 6 nitrogen and oxygen atoms in total. The Kier molecular flexibility index (Phi) is 4.98. The van der Waals surface area contributed by atoms with Crippen molar-refractivity contribution in [3.63, 3.8) is 0 Å². The third kappa shape index (κ3) is 4.25. The van der Waals surface area contributed by atoms with E-state index >= 15 is 0 Å². The number of nitrogens with one attached hydrogen (secondary N) is 1. The van der Waals surface area contributed by atoms with E-state index in [4.69, 9.17) is 0 Å². The van der Waals surface area contributed by atoms with Crippen LogP contribution in [0.4, 0.5) is 8.78 Å². The van der Waals surface area contributed by atoms with Gasteiger partial charge in [-0.25, -0.2) is 17.2 Å². The van der Waals surface area contributed by atoms with Crippen LogP contribution < -0.4 is 5.32 Å². The molecule has 1 aliphatic rings. The standard InChI is InChI=1S/C14H16F2N2O4S/c1-9(14(20)18-4-6-23(21,22)7-5-18)17-13(19)11-8-10(15)2-3-12(11)16/h2-3,8-9H,4-7H2,1H3,(H,17,19). The van der Waals surface area contributed by atoms with E-state index in [1.807, 2.05) is 0 Å². The van der Waals surface area contributed by atoms with Gasteiger partial charge in [-0.2, -0.15) is 0 Å². The molecule has 0 aliphatic carbocycles. The fourth-order valence-electron chi connectivity index (χ4n) is 2.21. The van der Waals surface area contributed by atoms with Crippen molar-refractivity contribution in [2.45, 2.75) is 13.0 Å². The molecule has 23 heavy (non-hydrogen) atoms. The fraction of sp³-hybridized carbons (Fsp3) is 0.429. The van der Waals surface area contributed by atoms with Gasteiger partial charge >= 0.3 is 0 Å². The van der Waals surface area contributed by atoms with Crippen molar-refractivity contribution in [3.8, 4) is 0 Å². The van der Waals surface area contributed by atoms with Crippen LogP contribution in [0.2, 0.25) is 0 Å². The number of sulfone groups is 1. The molecule has 1 saturated heterocycles. The molecule has 1 N–H and O–H groups in total. The van der Waals surface area contributed by atoms with Crippen molar-refractivity contribution in [2.24, 2.45) is 0 Å². The summed E-state index contributed by atoms with van der Waals surface area (Å²) in [5.74, 6) is -3.29. The van der Waals surface area contributed by atoms with Gasteiger partial charge in [0, 0.05) is 13.1 Å². The molecule has 0 bridgehead atoms. The van der Waals surface area contributed by atoms with Crippen LogP contribution in [0.3, 0.4) is 0 Å². The second-order valence-corrected chi connectivity index (χ2v) is 7.60. The van der Waals surface area contributed by atoms with E-state index in [0.717, 1.165) is 18.2 Å². The Morgan fingerprint density at radius 1 is 1.22 bits per heavy atom. The van der Waals surface area contributed by atoms with E-state index in [9.17, 15) is 26.8 Å². The summed E-state index contributed by atoms with van der Waals surface area (Å²) in [6, 6.07) is 1.47. The second-order valence-electron chi connectivity index (χ2n) is 5.30. The van der Waals surface area contributed by atoms with Gasteiger partial charge in [0.15, 0.2) is 9.84 Å². The van der Waals surface area contributed by atoms with Gasteiger partial charge in [0.2, 0.25) is 5.91 Å². The molecule has 2 rings (SSSR count). The quantitative estimate of drug-likeness (QED) is 0.855. The monoisotopic (exact) mass is 346 g/mol. The van der Waals surface area contributed by atoms with Crippen molar-refractivity contribution < 1.29 is 26.8 Å². The molecule has 1 aromatic rings. The van der Waals surface area contributed by atoms with Crippen LogP contribution in [0.1, 0.15) is 17.3 Å². The smallest absolute Gasteiger partial charge is 0.255 e. The average molecular weight is 346 g/mol. The highest BCUT2D eigenvalue weighted by Crippen LogP contribution is 2.11. The molecule has 2 amide bonds. The minimum absolute atomic E-state index is 0.0513. The molecule has 1 fully saturated rings. The van der Waals surface area contributed by atoms with Crippen LogP contribution in [0.25, 0.3) is 0 Å². The molecule has 1 unspecified atom stereocenters. The lowest BCUT2D eigenvalue weighted by molar-refractivity contribution is -0.132. The van der Waals surface area contributed by atoms with Crippen LogP contribution in [-0.4, -0.2) is 55.8 Å². The third-order valence-electron chi connectivity index (χ3n) is 3.55. The predicted molar refractivity (Wildman–Crippen MR) is 78.5 cm³/mol. The number of benzene rings is 1. The lowest BCUT2D eigenvalue weighted by Gasteiger charge is -2.29. The number of halogens is 2. The SMILES string of the molecule is CC(NC(=O)c1cc(F)ccc1F)C(=O)N1CCS(=O)(=O)CC1. The van der Waals surface area contributed by atoms with E-state index in [0.29, 0.717) is 0 Å². The number of carbonyl (C=O) groups is 2. The first-order chi connectivity index (χ1) is 10.7. The van der Waals surface area contributed by atoms with E-state index in [2.05, 4.69) is 5.32 Å². The van der Waals surface area contributed by atoms with Gasteiger partial charge in [-0.05, 0) is 25.1 Å². The van der Waals surface area contributed by atoms with E-state index in [1.165, 1.54) is 11.8 Å². The Morgan fingerprint density at radius 3 is 2.43 bits per heavy atom. The molecular weight excluding hydrogens is 330 g/mol. The number of carbonyl (C=O) groups excluding carboxylic acids is 2. The highest BCUT2D eigenvalue weighted by molar-refractivity contribution is 7.91. The van der Waals surface area contributed by atoms with Crippen molar-refractivity contribution >= 4 is 21.7 Å². The Labute approximate surface area is 132 Å². The van der Waals surface area contributed by atoms with Crippen molar-refractivity contribution in [2.75, 3.05) is 24.6 Å². The molecule has 9 heteroatoms. The fourth-order valence-corrected chi connectivity index (χ4v) is 3.42. The van der Waals surface area contributed by atoms with Crippen molar-refractivity contribution in [1.82, 2.24) is 10.2 Å². The lowest BCUT2D eigenvalue weighted by atomic mass is 10.1. The van der Waals surface area contributed by atoms with Crippen molar-refractivity contribution in [1.29, 1.82) is 0 Å². The molecule has 0 radical (unpaired) electrons. The highest BCUT2D eigenvalue weighted by atomic mass is 32.2. The highest BCUT2D eigenvalue weighted by Gasteiger charge is 2.29. The zero-order chi connectivity index (χ0) is 17.2. The molecular formula is C14H16F2N2O4S. The number of hydrogen-bond donors (Lipinski definition) is 1. The topological polar surface area (TPSA) is 83.6 Å². The zero-order valence-corrected chi connectivity index (χ0v) is 13.2. The van der Waals surface area contributed by atoms with Gasteiger partial charge in [-0.15, -0.1) is 0 Å². The lowest BCUT2D eigenvalue weighted by Crippen LogP contribution is -2.51. The van der Waals surface area contributed by atoms with Gasteiger partial charge in [-0.1, -0.05) is 0 Å².